The van der Waals surface area contributed by atoms with Crippen LogP contribution in [0.4, 0.5) is 0 Å². The van der Waals surface area contributed by atoms with Gasteiger partial charge in [-0.15, -0.1) is 18.1 Å². The number of benzene rings is 1. The van der Waals surface area contributed by atoms with Crippen molar-refractivity contribution >= 4 is 30.6 Å². The number of para-hydroxylation sites is 1. The maximum Gasteiger partial charge on any atom is 0.402 e. The Kier molecular flexibility index (Phi) is 9.09. The lowest BCUT2D eigenvalue weighted by Crippen LogP contribution is -2.01. The molecular weight excluding hydrogens is 476 g/mol. The summed E-state index contributed by atoms with van der Waals surface area (Å²) in [5.41, 5.74) is 0.850. The van der Waals surface area contributed by atoms with Gasteiger partial charge in [-0.3, -0.25) is 0 Å². The van der Waals surface area contributed by atoms with Gasteiger partial charge in [0.15, 0.2) is 0 Å². The molecule has 1 aliphatic heterocycles. The zero-order valence-corrected chi connectivity index (χ0v) is 21.7. The van der Waals surface area contributed by atoms with Crippen LogP contribution in [0.1, 0.15) is 5.56 Å². The molecule has 0 radical (unpaired) electrons. The first-order valence-electron chi connectivity index (χ1n) is 8.45. The lowest BCUT2D eigenvalue weighted by atomic mass is 10.2. The van der Waals surface area contributed by atoms with Crippen LogP contribution >= 0.6 is 30.6 Å². The molecular formula is C14H28N4O8P4. The topological polar surface area (TPSA) is 123 Å². The van der Waals surface area contributed by atoms with Gasteiger partial charge in [-0.1, -0.05) is 18.2 Å². The van der Waals surface area contributed by atoms with Crippen LogP contribution in [0.2, 0.25) is 0 Å². The van der Waals surface area contributed by atoms with Crippen molar-refractivity contribution in [3.8, 4) is 5.75 Å². The van der Waals surface area contributed by atoms with Crippen molar-refractivity contribution in [2.45, 2.75) is 6.92 Å². The van der Waals surface area contributed by atoms with Crippen molar-refractivity contribution in [3.05, 3.63) is 29.8 Å². The fourth-order valence-electron chi connectivity index (χ4n) is 2.24. The second kappa shape index (κ2) is 10.5. The minimum absolute atomic E-state index is 0.510. The highest BCUT2D eigenvalue weighted by atomic mass is 31.3. The minimum Gasteiger partial charge on any atom is -0.422 e. The molecule has 1 atom stereocenters. The lowest BCUT2D eigenvalue weighted by Gasteiger charge is -2.30. The van der Waals surface area contributed by atoms with Crippen LogP contribution in [-0.4, -0.2) is 49.8 Å². The summed E-state index contributed by atoms with van der Waals surface area (Å²) in [5, 5.41) is 0. The van der Waals surface area contributed by atoms with Crippen molar-refractivity contribution in [1.82, 2.24) is 0 Å². The predicted molar refractivity (Wildman–Crippen MR) is 118 cm³/mol. The largest absolute Gasteiger partial charge is 0.422 e. The van der Waals surface area contributed by atoms with Gasteiger partial charge in [0.2, 0.25) is 0 Å². The van der Waals surface area contributed by atoms with Crippen LogP contribution in [0.15, 0.2) is 42.3 Å². The molecule has 16 heteroatoms. The number of hydrogen-bond acceptors (Lipinski definition) is 12. The van der Waals surface area contributed by atoms with Gasteiger partial charge < -0.3 is 36.2 Å². The van der Waals surface area contributed by atoms with Crippen LogP contribution in [0, 0.1) is 6.92 Å². The molecule has 0 N–H and O–H groups in total. The summed E-state index contributed by atoms with van der Waals surface area (Å²) in [5.74, 6) is 0.510. The monoisotopic (exact) mass is 504 g/mol. The summed E-state index contributed by atoms with van der Waals surface area (Å²) in [7, 11) is -3.77. The van der Waals surface area contributed by atoms with E-state index < -0.39 is 30.6 Å². The van der Waals surface area contributed by atoms with Gasteiger partial charge in [-0.2, -0.15) is 0 Å². The second-order valence-electron chi connectivity index (χ2n) is 5.45. The molecule has 0 bridgehead atoms. The van der Waals surface area contributed by atoms with Crippen molar-refractivity contribution in [3.63, 3.8) is 0 Å². The molecule has 1 aromatic rings. The van der Waals surface area contributed by atoms with Gasteiger partial charge in [0.05, 0.1) is 0 Å². The normalized spacial score (nSPS) is 24.3. The van der Waals surface area contributed by atoms with Gasteiger partial charge in [0, 0.05) is 49.8 Å². The lowest BCUT2D eigenvalue weighted by molar-refractivity contribution is 0.305. The van der Waals surface area contributed by atoms with Crippen LogP contribution in [0.25, 0.3) is 0 Å². The molecule has 1 aromatic carbocycles. The Balaban J connectivity index is 2.98. The van der Waals surface area contributed by atoms with Crippen LogP contribution in [0.3, 0.4) is 0 Å². The molecule has 0 aliphatic carbocycles. The molecule has 1 heterocycles. The Morgan fingerprint density at radius 3 is 1.23 bits per heavy atom. The number of nitrogens with zero attached hydrogens (tertiary/aromatic N) is 4. The molecule has 1 aliphatic rings. The molecule has 0 fully saturated rings. The van der Waals surface area contributed by atoms with E-state index in [1.54, 1.807) is 6.07 Å². The van der Waals surface area contributed by atoms with Crippen LogP contribution in [-0.2, 0) is 31.7 Å². The third-order valence-electron chi connectivity index (χ3n) is 3.88. The Hall–Kier alpha value is -0.340. The molecule has 0 aromatic heterocycles. The summed E-state index contributed by atoms with van der Waals surface area (Å²) in [6.07, 6.45) is 0. The summed E-state index contributed by atoms with van der Waals surface area (Å²) in [4.78, 5) is 0. The summed E-state index contributed by atoms with van der Waals surface area (Å²) < 4.78 is 63.7. The molecule has 1 unspecified atom stereocenters. The van der Waals surface area contributed by atoms with Crippen molar-refractivity contribution in [2.24, 2.45) is 18.1 Å². The van der Waals surface area contributed by atoms with Crippen LogP contribution in [0.5, 0.6) is 5.75 Å². The van der Waals surface area contributed by atoms with E-state index in [0.29, 0.717) is 5.75 Å². The van der Waals surface area contributed by atoms with E-state index in [4.69, 9.17) is 36.2 Å². The second-order valence-corrected chi connectivity index (χ2v) is 15.0. The minimum atomic E-state index is -3.51. The van der Waals surface area contributed by atoms with E-state index in [9.17, 15) is 0 Å². The third kappa shape index (κ3) is 5.34. The maximum absolute atomic E-state index is 6.21. The highest BCUT2D eigenvalue weighted by Crippen LogP contribution is 2.79. The van der Waals surface area contributed by atoms with E-state index in [0.717, 1.165) is 5.56 Å². The standard InChI is InChI=1S/C14H28N4O8P4/c1-13-11-9-10-12-14(13)26-30(25-8)17-28(21-4,22-5)15-27(19-2,20-3)16-29(18-30,23-6)24-7/h9-12H,1-8H3. The van der Waals surface area contributed by atoms with E-state index in [1.807, 2.05) is 25.1 Å². The number of hydrogen-bond donors (Lipinski definition) is 0. The molecule has 12 nitrogen and oxygen atoms in total. The molecule has 2 rings (SSSR count). The first-order chi connectivity index (χ1) is 14.2. The molecule has 0 saturated heterocycles. The molecule has 0 saturated carbocycles. The number of rotatable bonds is 9. The van der Waals surface area contributed by atoms with Crippen molar-refractivity contribution in [2.75, 3.05) is 49.8 Å². The Morgan fingerprint density at radius 1 is 0.533 bits per heavy atom. The molecule has 0 amide bonds. The highest BCUT2D eigenvalue weighted by Gasteiger charge is 2.41. The SMILES string of the molecule is COP1(OC)=NP(OC)(OC)=NP(OC)(Oc2ccccc2C)=NP(OC)(OC)=N1. The third-order valence-corrected chi connectivity index (χ3v) is 14.9. The van der Waals surface area contributed by atoms with E-state index in [1.165, 1.54) is 49.8 Å². The summed E-state index contributed by atoms with van der Waals surface area (Å²) in [6.45, 7) is 1.89. The van der Waals surface area contributed by atoms with E-state index in [2.05, 4.69) is 18.1 Å². The van der Waals surface area contributed by atoms with Gasteiger partial charge in [-0.25, -0.2) is 0 Å². The Labute approximate surface area is 177 Å². The fraction of sp³-hybridized carbons (Fsp3) is 0.571. The van der Waals surface area contributed by atoms with Crippen molar-refractivity contribution in [1.29, 1.82) is 0 Å². The fourth-order valence-corrected chi connectivity index (χ4v) is 14.0. The van der Waals surface area contributed by atoms with E-state index in [-0.39, 0.29) is 0 Å². The first-order valence-corrected chi connectivity index (χ1v) is 14.6. The van der Waals surface area contributed by atoms with Gasteiger partial charge in [0.1, 0.15) is 5.75 Å². The van der Waals surface area contributed by atoms with E-state index >= 15 is 0 Å². The smallest absolute Gasteiger partial charge is 0.402 e. The molecule has 30 heavy (non-hydrogen) atoms. The Morgan fingerprint density at radius 2 is 0.867 bits per heavy atom. The first kappa shape index (κ1) is 25.9. The van der Waals surface area contributed by atoms with Gasteiger partial charge >= 0.3 is 30.6 Å². The average Bonchev–Trinajstić information content (AvgIpc) is 2.77. The predicted octanol–water partition coefficient (Wildman–Crippen LogP) is 6.70. The zero-order chi connectivity index (χ0) is 22.5. The average molecular weight is 504 g/mol. The van der Waals surface area contributed by atoms with Gasteiger partial charge in [-0.05, 0) is 18.6 Å². The summed E-state index contributed by atoms with van der Waals surface area (Å²) >= 11 is 0. The Bertz CT molecular complexity index is 952. The maximum atomic E-state index is 6.21. The molecule has 0 spiro atoms. The summed E-state index contributed by atoms with van der Waals surface area (Å²) in [6, 6.07) is 7.37. The quantitative estimate of drug-likeness (QED) is 0.341. The molecule has 172 valence electrons. The van der Waals surface area contributed by atoms with Gasteiger partial charge in [0.25, 0.3) is 0 Å². The van der Waals surface area contributed by atoms with Crippen molar-refractivity contribution < 1.29 is 36.2 Å². The van der Waals surface area contributed by atoms with Crippen LogP contribution < -0.4 is 4.52 Å². The number of aryl methyl sites for hydroxylation is 1. The highest BCUT2D eigenvalue weighted by molar-refractivity contribution is 7.78. The zero-order valence-electron chi connectivity index (χ0n) is 18.2.